The van der Waals surface area contributed by atoms with Crippen LogP contribution < -0.4 is 0 Å². The summed E-state index contributed by atoms with van der Waals surface area (Å²) in [5.41, 5.74) is 0.399. The highest BCUT2D eigenvalue weighted by Crippen LogP contribution is 2.16. The topological polar surface area (TPSA) is 49.8 Å². The quantitative estimate of drug-likeness (QED) is 0.670. The summed E-state index contributed by atoms with van der Waals surface area (Å²) in [7, 11) is 0. The molecule has 1 aromatic carbocycles. The Morgan fingerprint density at radius 2 is 2.24 bits per heavy atom. The number of phenolic OH excluding ortho intramolecular Hbond substituents is 1. The van der Waals surface area contributed by atoms with Crippen molar-refractivity contribution >= 4 is 18.4 Å². The summed E-state index contributed by atoms with van der Waals surface area (Å²) in [6, 6.07) is 6.89. The van der Waals surface area contributed by atoms with Crippen LogP contribution in [0.5, 0.6) is 5.75 Å². The normalized spacial score (nSPS) is 18.8. The fraction of sp³-hybridized carbons (Fsp3) is 0.562. The molecule has 0 aliphatic carbocycles. The molecule has 1 heterocycles. The lowest BCUT2D eigenvalue weighted by Gasteiger charge is -2.33. The Labute approximate surface area is 132 Å². The van der Waals surface area contributed by atoms with Crippen molar-refractivity contribution in [2.24, 2.45) is 0 Å². The maximum Gasteiger partial charge on any atom is 0.338 e. The Hall–Kier alpha value is -1.26. The predicted molar refractivity (Wildman–Crippen MR) is 85.1 cm³/mol. The summed E-state index contributed by atoms with van der Waals surface area (Å²) in [5, 5.41) is 9.32. The molecule has 0 amide bonds. The van der Waals surface area contributed by atoms with E-state index in [1.165, 1.54) is 31.4 Å². The molecule has 21 heavy (non-hydrogen) atoms. The van der Waals surface area contributed by atoms with Gasteiger partial charge in [0.15, 0.2) is 0 Å². The van der Waals surface area contributed by atoms with Crippen molar-refractivity contribution in [2.45, 2.75) is 38.6 Å². The van der Waals surface area contributed by atoms with E-state index in [9.17, 15) is 9.90 Å². The van der Waals surface area contributed by atoms with Gasteiger partial charge in [-0.3, -0.25) is 0 Å². The molecular formula is C16H24ClNO3. The molecule has 1 atom stereocenters. The van der Waals surface area contributed by atoms with Gasteiger partial charge in [0.25, 0.3) is 0 Å². The van der Waals surface area contributed by atoms with Crippen LogP contribution in [0.2, 0.25) is 0 Å². The van der Waals surface area contributed by atoms with Crippen LogP contribution in [0, 0.1) is 0 Å². The summed E-state index contributed by atoms with van der Waals surface area (Å²) in [5.74, 6) is -0.283. The first-order valence-corrected chi connectivity index (χ1v) is 7.37. The number of carbonyl (C=O) groups is 1. The number of likely N-dealkylation sites (tertiary alicyclic amines) is 1. The third-order valence-corrected chi connectivity index (χ3v) is 3.85. The number of halogens is 1. The zero-order valence-electron chi connectivity index (χ0n) is 12.5. The van der Waals surface area contributed by atoms with Crippen LogP contribution in [-0.2, 0) is 4.74 Å². The number of phenols is 1. The van der Waals surface area contributed by atoms with Gasteiger partial charge in [-0.1, -0.05) is 12.5 Å². The van der Waals surface area contributed by atoms with Gasteiger partial charge in [-0.05, 0) is 50.9 Å². The molecule has 1 aromatic rings. The molecule has 1 aliphatic rings. The zero-order chi connectivity index (χ0) is 14.4. The molecule has 4 nitrogen and oxygen atoms in total. The third kappa shape index (κ3) is 5.56. The van der Waals surface area contributed by atoms with Crippen LogP contribution in [0.15, 0.2) is 24.3 Å². The highest BCUT2D eigenvalue weighted by atomic mass is 35.5. The van der Waals surface area contributed by atoms with Gasteiger partial charge in [-0.2, -0.15) is 0 Å². The van der Waals surface area contributed by atoms with Gasteiger partial charge in [-0.25, -0.2) is 4.79 Å². The summed E-state index contributed by atoms with van der Waals surface area (Å²) in [6.07, 6.45) is 4.72. The van der Waals surface area contributed by atoms with Crippen LogP contribution in [0.4, 0.5) is 0 Å². The van der Waals surface area contributed by atoms with E-state index in [0.717, 1.165) is 19.5 Å². The Bertz CT molecular complexity index is 453. The molecule has 118 valence electrons. The first-order chi connectivity index (χ1) is 9.66. The lowest BCUT2D eigenvalue weighted by atomic mass is 10.0. The van der Waals surface area contributed by atoms with Gasteiger partial charge in [-0.15, -0.1) is 12.4 Å². The van der Waals surface area contributed by atoms with Crippen molar-refractivity contribution in [1.82, 2.24) is 4.90 Å². The summed E-state index contributed by atoms with van der Waals surface area (Å²) < 4.78 is 5.23. The Balaban J connectivity index is 0.00000220. The number of esters is 1. The van der Waals surface area contributed by atoms with Gasteiger partial charge >= 0.3 is 5.97 Å². The minimum Gasteiger partial charge on any atom is -0.508 e. The minimum atomic E-state index is -0.368. The molecule has 1 saturated heterocycles. The summed E-state index contributed by atoms with van der Waals surface area (Å²) in [4.78, 5) is 14.2. The molecule has 1 unspecified atom stereocenters. The highest BCUT2D eigenvalue weighted by molar-refractivity contribution is 5.89. The van der Waals surface area contributed by atoms with Crippen LogP contribution in [0.3, 0.4) is 0 Å². The number of benzene rings is 1. The van der Waals surface area contributed by atoms with Crippen LogP contribution in [-0.4, -0.2) is 41.7 Å². The molecule has 1 N–H and O–H groups in total. The molecule has 0 radical (unpaired) electrons. The van der Waals surface area contributed by atoms with E-state index in [-0.39, 0.29) is 24.1 Å². The number of hydrogen-bond acceptors (Lipinski definition) is 4. The molecule has 0 saturated carbocycles. The van der Waals surface area contributed by atoms with Crippen LogP contribution in [0.1, 0.15) is 43.0 Å². The first-order valence-electron chi connectivity index (χ1n) is 7.37. The van der Waals surface area contributed by atoms with E-state index in [4.69, 9.17) is 4.74 Å². The fourth-order valence-corrected chi connectivity index (χ4v) is 2.64. The van der Waals surface area contributed by atoms with E-state index in [0.29, 0.717) is 18.2 Å². The van der Waals surface area contributed by atoms with Crippen molar-refractivity contribution in [3.05, 3.63) is 29.8 Å². The molecule has 0 spiro atoms. The maximum absolute atomic E-state index is 11.8. The Kier molecular flexibility index (Phi) is 7.54. The van der Waals surface area contributed by atoms with Gasteiger partial charge in [0.1, 0.15) is 5.75 Å². The number of ether oxygens (including phenoxy) is 1. The van der Waals surface area contributed by atoms with Gasteiger partial charge < -0.3 is 14.7 Å². The van der Waals surface area contributed by atoms with E-state index in [1.54, 1.807) is 12.1 Å². The average molecular weight is 314 g/mol. The number of hydrogen-bond donors (Lipinski definition) is 1. The molecule has 0 aromatic heterocycles. The van der Waals surface area contributed by atoms with Gasteiger partial charge in [0.2, 0.25) is 0 Å². The largest absolute Gasteiger partial charge is 0.508 e. The number of aromatic hydroxyl groups is 1. The smallest absolute Gasteiger partial charge is 0.338 e. The van der Waals surface area contributed by atoms with E-state index in [2.05, 4.69) is 11.8 Å². The van der Waals surface area contributed by atoms with Crippen LogP contribution in [0.25, 0.3) is 0 Å². The molecule has 1 fully saturated rings. The molecular weight excluding hydrogens is 290 g/mol. The van der Waals surface area contributed by atoms with Crippen molar-refractivity contribution in [2.75, 3.05) is 19.7 Å². The lowest BCUT2D eigenvalue weighted by molar-refractivity contribution is 0.0475. The van der Waals surface area contributed by atoms with E-state index >= 15 is 0 Å². The zero-order valence-corrected chi connectivity index (χ0v) is 13.3. The summed E-state index contributed by atoms with van der Waals surface area (Å²) in [6.45, 7) is 4.83. The van der Waals surface area contributed by atoms with E-state index < -0.39 is 0 Å². The fourth-order valence-electron chi connectivity index (χ4n) is 2.64. The predicted octanol–water partition coefficient (Wildman–Crippen LogP) is 3.24. The second-order valence-corrected chi connectivity index (χ2v) is 5.42. The molecule has 1 aliphatic heterocycles. The molecule has 5 heteroatoms. The lowest BCUT2D eigenvalue weighted by Crippen LogP contribution is -2.38. The third-order valence-electron chi connectivity index (χ3n) is 3.85. The number of piperidine rings is 1. The average Bonchev–Trinajstić information content (AvgIpc) is 2.45. The SMILES string of the molecule is CC1CCCCN1CCCOC(=O)c1cccc(O)c1.Cl. The minimum absolute atomic E-state index is 0. The Morgan fingerprint density at radius 3 is 2.95 bits per heavy atom. The monoisotopic (exact) mass is 313 g/mol. The van der Waals surface area contributed by atoms with Gasteiger partial charge in [0, 0.05) is 12.6 Å². The first kappa shape index (κ1) is 17.8. The summed E-state index contributed by atoms with van der Waals surface area (Å²) >= 11 is 0. The van der Waals surface area contributed by atoms with Crippen molar-refractivity contribution in [3.8, 4) is 5.75 Å². The van der Waals surface area contributed by atoms with E-state index in [1.807, 2.05) is 0 Å². The number of carbonyl (C=O) groups excluding carboxylic acids is 1. The van der Waals surface area contributed by atoms with Crippen molar-refractivity contribution in [1.29, 1.82) is 0 Å². The highest BCUT2D eigenvalue weighted by Gasteiger charge is 2.17. The maximum atomic E-state index is 11.8. The standard InChI is InChI=1S/C16H23NO3.ClH/c1-13-6-2-3-9-17(13)10-5-11-20-16(19)14-7-4-8-15(18)12-14;/h4,7-8,12-13,18H,2-3,5-6,9-11H2,1H3;1H. The number of rotatable bonds is 5. The second kappa shape index (κ2) is 8.90. The van der Waals surface area contributed by atoms with Crippen LogP contribution >= 0.6 is 12.4 Å². The van der Waals surface area contributed by atoms with Gasteiger partial charge in [0.05, 0.1) is 12.2 Å². The Morgan fingerprint density at radius 1 is 1.43 bits per heavy atom. The van der Waals surface area contributed by atoms with Crippen molar-refractivity contribution < 1.29 is 14.6 Å². The second-order valence-electron chi connectivity index (χ2n) is 5.42. The van der Waals surface area contributed by atoms with Crippen molar-refractivity contribution in [3.63, 3.8) is 0 Å². The number of nitrogens with zero attached hydrogens (tertiary/aromatic N) is 1. The molecule has 2 rings (SSSR count). The molecule has 0 bridgehead atoms.